The number of hydrogen-bond acceptors (Lipinski definition) is 3. The Morgan fingerprint density at radius 2 is 2.06 bits per heavy atom. The summed E-state index contributed by atoms with van der Waals surface area (Å²) in [5.74, 6) is 2.44. The summed E-state index contributed by atoms with van der Waals surface area (Å²) in [5.41, 5.74) is 1.28. The van der Waals surface area contributed by atoms with Gasteiger partial charge in [-0.1, -0.05) is 30.3 Å². The molecule has 2 nitrogen and oxygen atoms in total. The number of hydrogen-bond donors (Lipinski definition) is 0. The Balaban J connectivity index is 2.13. The molecule has 1 atom stereocenters. The van der Waals surface area contributed by atoms with E-state index in [1.807, 2.05) is 17.8 Å². The van der Waals surface area contributed by atoms with Crippen molar-refractivity contribution >= 4 is 11.8 Å². The van der Waals surface area contributed by atoms with Crippen molar-refractivity contribution < 1.29 is 0 Å². The van der Waals surface area contributed by atoms with Crippen LogP contribution in [0.2, 0.25) is 0 Å². The lowest BCUT2D eigenvalue weighted by Crippen LogP contribution is -2.30. The van der Waals surface area contributed by atoms with Crippen LogP contribution in [-0.2, 0) is 0 Å². The van der Waals surface area contributed by atoms with Gasteiger partial charge in [-0.15, -0.1) is 0 Å². The van der Waals surface area contributed by atoms with Gasteiger partial charge >= 0.3 is 0 Å². The lowest BCUT2D eigenvalue weighted by Gasteiger charge is -2.29. The Kier molecular flexibility index (Phi) is 4.90. The van der Waals surface area contributed by atoms with Gasteiger partial charge in [0.1, 0.15) is 0 Å². The summed E-state index contributed by atoms with van der Waals surface area (Å²) in [4.78, 5) is 2.47. The largest absolute Gasteiger partial charge is 0.294 e. The lowest BCUT2D eigenvalue weighted by atomic mass is 10.0. The number of nitriles is 1. The fourth-order valence-electron chi connectivity index (χ4n) is 2.30. The zero-order valence-electron chi connectivity index (χ0n) is 10.0. The molecule has 0 N–H and O–H groups in total. The fourth-order valence-corrected chi connectivity index (χ4v) is 3.20. The van der Waals surface area contributed by atoms with E-state index in [0.717, 1.165) is 13.1 Å². The molecule has 1 aliphatic rings. The highest BCUT2D eigenvalue weighted by Gasteiger charge is 2.20. The van der Waals surface area contributed by atoms with E-state index < -0.39 is 0 Å². The molecule has 1 fully saturated rings. The molecule has 0 spiro atoms. The minimum Gasteiger partial charge on any atom is -0.294 e. The van der Waals surface area contributed by atoms with E-state index in [1.165, 1.54) is 23.5 Å². The normalized spacial score (nSPS) is 19.2. The second-order valence-corrected chi connectivity index (χ2v) is 5.52. The number of nitrogens with zero attached hydrogens (tertiary/aromatic N) is 2. The van der Waals surface area contributed by atoms with E-state index in [9.17, 15) is 0 Å². The van der Waals surface area contributed by atoms with Crippen LogP contribution < -0.4 is 0 Å². The highest BCUT2D eigenvalue weighted by molar-refractivity contribution is 7.99. The summed E-state index contributed by atoms with van der Waals surface area (Å²) >= 11 is 2.03. The molecule has 0 aromatic heterocycles. The van der Waals surface area contributed by atoms with E-state index in [1.54, 1.807) is 0 Å². The SMILES string of the molecule is N#CCC(c1ccccc1)N1CCCSCC1. The third-order valence-electron chi connectivity index (χ3n) is 3.17. The number of benzene rings is 1. The summed E-state index contributed by atoms with van der Waals surface area (Å²) in [5, 5.41) is 9.02. The predicted octanol–water partition coefficient (Wildman–Crippen LogP) is 3.08. The molecule has 90 valence electrons. The van der Waals surface area contributed by atoms with Crippen LogP contribution in [0.3, 0.4) is 0 Å². The first-order valence-electron chi connectivity index (χ1n) is 6.15. The van der Waals surface area contributed by atoms with Crippen molar-refractivity contribution in [2.75, 3.05) is 24.6 Å². The molecule has 0 radical (unpaired) electrons. The standard InChI is InChI=1S/C14H18N2S/c15-8-7-14(13-5-2-1-3-6-13)16-9-4-11-17-12-10-16/h1-3,5-6,14H,4,7,9-12H2. The Hall–Kier alpha value is -0.980. The molecule has 1 aromatic carbocycles. The summed E-state index contributed by atoms with van der Waals surface area (Å²) in [6.45, 7) is 2.22. The Morgan fingerprint density at radius 1 is 1.24 bits per heavy atom. The molecule has 1 heterocycles. The maximum atomic E-state index is 9.02. The van der Waals surface area contributed by atoms with Crippen LogP contribution in [0.5, 0.6) is 0 Å². The van der Waals surface area contributed by atoms with Crippen LogP contribution in [-0.4, -0.2) is 29.5 Å². The second-order valence-electron chi connectivity index (χ2n) is 4.29. The minimum absolute atomic E-state index is 0.278. The maximum Gasteiger partial charge on any atom is 0.0641 e. The van der Waals surface area contributed by atoms with E-state index in [4.69, 9.17) is 5.26 Å². The predicted molar refractivity (Wildman–Crippen MR) is 72.9 cm³/mol. The van der Waals surface area contributed by atoms with Crippen LogP contribution in [0.25, 0.3) is 0 Å². The first-order chi connectivity index (χ1) is 8.42. The summed E-state index contributed by atoms with van der Waals surface area (Å²) in [7, 11) is 0. The van der Waals surface area contributed by atoms with Crippen LogP contribution in [0.4, 0.5) is 0 Å². The van der Waals surface area contributed by atoms with Crippen LogP contribution in [0, 0.1) is 11.3 Å². The molecule has 0 amide bonds. The van der Waals surface area contributed by atoms with Crippen LogP contribution in [0.15, 0.2) is 30.3 Å². The van der Waals surface area contributed by atoms with Gasteiger partial charge in [-0.2, -0.15) is 17.0 Å². The molecule has 2 rings (SSSR count). The quantitative estimate of drug-likeness (QED) is 0.820. The van der Waals surface area contributed by atoms with Gasteiger partial charge in [0.05, 0.1) is 12.5 Å². The first-order valence-corrected chi connectivity index (χ1v) is 7.31. The van der Waals surface area contributed by atoms with Gasteiger partial charge in [-0.25, -0.2) is 0 Å². The molecule has 0 aliphatic carbocycles. The second kappa shape index (κ2) is 6.68. The van der Waals surface area contributed by atoms with Gasteiger partial charge in [0.25, 0.3) is 0 Å². The van der Waals surface area contributed by atoms with E-state index in [-0.39, 0.29) is 6.04 Å². The summed E-state index contributed by atoms with van der Waals surface area (Å²) in [6, 6.07) is 13.0. The molecule has 1 aromatic rings. The number of thioether (sulfide) groups is 1. The topological polar surface area (TPSA) is 27.0 Å². The molecule has 0 saturated carbocycles. The summed E-state index contributed by atoms with van der Waals surface area (Å²) in [6.07, 6.45) is 1.83. The van der Waals surface area contributed by atoms with Crippen LogP contribution in [0.1, 0.15) is 24.4 Å². The third kappa shape index (κ3) is 3.49. The monoisotopic (exact) mass is 246 g/mol. The van der Waals surface area contributed by atoms with E-state index >= 15 is 0 Å². The molecule has 17 heavy (non-hydrogen) atoms. The maximum absolute atomic E-state index is 9.02. The van der Waals surface area contributed by atoms with Crippen molar-refractivity contribution in [3.05, 3.63) is 35.9 Å². The molecule has 1 saturated heterocycles. The van der Waals surface area contributed by atoms with Crippen molar-refractivity contribution in [2.45, 2.75) is 18.9 Å². The molecule has 1 aliphatic heterocycles. The van der Waals surface area contributed by atoms with Crippen molar-refractivity contribution in [1.29, 1.82) is 5.26 Å². The average molecular weight is 246 g/mol. The molecular formula is C14H18N2S. The molecule has 0 bridgehead atoms. The van der Waals surface area contributed by atoms with E-state index in [0.29, 0.717) is 6.42 Å². The minimum atomic E-state index is 0.278. The van der Waals surface area contributed by atoms with Crippen molar-refractivity contribution in [3.63, 3.8) is 0 Å². The van der Waals surface area contributed by atoms with E-state index in [2.05, 4.69) is 35.2 Å². The van der Waals surface area contributed by atoms with Crippen molar-refractivity contribution in [3.8, 4) is 6.07 Å². The Labute approximate surface area is 108 Å². The van der Waals surface area contributed by atoms with Gasteiger partial charge in [0.2, 0.25) is 0 Å². The molecule has 1 unspecified atom stereocenters. The Morgan fingerprint density at radius 3 is 2.82 bits per heavy atom. The number of rotatable bonds is 3. The fraction of sp³-hybridized carbons (Fsp3) is 0.500. The van der Waals surface area contributed by atoms with Crippen LogP contribution >= 0.6 is 11.8 Å². The van der Waals surface area contributed by atoms with Gasteiger partial charge in [0, 0.05) is 18.3 Å². The van der Waals surface area contributed by atoms with Gasteiger partial charge < -0.3 is 0 Å². The zero-order valence-corrected chi connectivity index (χ0v) is 10.8. The zero-order chi connectivity index (χ0) is 11.9. The van der Waals surface area contributed by atoms with Gasteiger partial charge in [-0.3, -0.25) is 4.90 Å². The van der Waals surface area contributed by atoms with Gasteiger partial charge in [0.15, 0.2) is 0 Å². The third-order valence-corrected chi connectivity index (χ3v) is 4.22. The lowest BCUT2D eigenvalue weighted by molar-refractivity contribution is 0.215. The molecule has 3 heteroatoms. The smallest absolute Gasteiger partial charge is 0.0641 e. The highest BCUT2D eigenvalue weighted by atomic mass is 32.2. The molecular weight excluding hydrogens is 228 g/mol. The highest BCUT2D eigenvalue weighted by Crippen LogP contribution is 2.26. The summed E-state index contributed by atoms with van der Waals surface area (Å²) < 4.78 is 0. The van der Waals surface area contributed by atoms with Crippen molar-refractivity contribution in [2.24, 2.45) is 0 Å². The van der Waals surface area contributed by atoms with Crippen molar-refractivity contribution in [1.82, 2.24) is 4.90 Å². The first kappa shape index (κ1) is 12.5. The Bertz CT molecular complexity index is 364. The van der Waals surface area contributed by atoms with Gasteiger partial charge in [-0.05, 0) is 24.3 Å². The average Bonchev–Trinajstić information content (AvgIpc) is 2.66.